The van der Waals surface area contributed by atoms with Crippen molar-refractivity contribution in [3.05, 3.63) is 71.1 Å². The molecule has 2 aromatic carbocycles. The van der Waals surface area contributed by atoms with Gasteiger partial charge in [-0.15, -0.1) is 12.4 Å². The van der Waals surface area contributed by atoms with Gasteiger partial charge in [-0.3, -0.25) is 4.40 Å². The minimum absolute atomic E-state index is 0. The fourth-order valence-electron chi connectivity index (χ4n) is 3.06. The highest BCUT2D eigenvalue weighted by atomic mass is 35.5. The normalized spacial score (nSPS) is 10.4. The Hall–Kier alpha value is -3.94. The van der Waals surface area contributed by atoms with Crippen LogP contribution in [0.1, 0.15) is 10.4 Å². The highest BCUT2D eigenvalue weighted by molar-refractivity contribution is 6.33. The van der Waals surface area contributed by atoms with Gasteiger partial charge in [-0.1, -0.05) is 11.6 Å². The predicted molar refractivity (Wildman–Crippen MR) is 118 cm³/mol. The fourth-order valence-corrected chi connectivity index (χ4v) is 3.32. The molecule has 4 aromatic rings. The summed E-state index contributed by atoms with van der Waals surface area (Å²) in [6, 6.07) is 8.53. The molecule has 0 saturated carbocycles. The highest BCUT2D eigenvalue weighted by Crippen LogP contribution is 2.32. The molecule has 0 radical (unpaired) electrons. The van der Waals surface area contributed by atoms with Crippen molar-refractivity contribution in [2.75, 3.05) is 11.9 Å². The van der Waals surface area contributed by atoms with E-state index in [2.05, 4.69) is 15.3 Å². The van der Waals surface area contributed by atoms with Crippen molar-refractivity contribution in [2.24, 2.45) is 0 Å². The molecule has 0 bridgehead atoms. The Labute approximate surface area is 196 Å². The third-order valence-corrected chi connectivity index (χ3v) is 4.82. The number of nitriles is 1. The molecule has 168 valence electrons. The molecular weight excluding hydrogens is 479 g/mol. The van der Waals surface area contributed by atoms with Crippen molar-refractivity contribution in [3.8, 4) is 23.1 Å². The van der Waals surface area contributed by atoms with Crippen LogP contribution in [-0.2, 0) is 0 Å². The number of imidazole rings is 1. The molecule has 8 nitrogen and oxygen atoms in total. The maximum Gasteiger partial charge on any atom is 0.337 e. The van der Waals surface area contributed by atoms with E-state index in [0.717, 1.165) is 0 Å². The lowest BCUT2D eigenvalue weighted by atomic mass is 10.1. The number of fused-ring (bicyclic) bond motifs is 1. The number of hydrogen-bond acceptors (Lipinski definition) is 6. The predicted octanol–water partition coefficient (Wildman–Crippen LogP) is 5.09. The zero-order valence-electron chi connectivity index (χ0n) is 16.4. The molecule has 0 aliphatic rings. The molecule has 2 heterocycles. The van der Waals surface area contributed by atoms with E-state index in [-0.39, 0.29) is 45.8 Å². The number of carboxylic acid groups (broad SMARTS) is 1. The van der Waals surface area contributed by atoms with Crippen LogP contribution in [0.2, 0.25) is 5.02 Å². The molecule has 0 saturated heterocycles. The molecule has 0 amide bonds. The first-order valence-corrected chi connectivity index (χ1v) is 9.38. The van der Waals surface area contributed by atoms with Gasteiger partial charge in [0.25, 0.3) is 0 Å². The van der Waals surface area contributed by atoms with E-state index in [0.29, 0.717) is 11.3 Å². The third kappa shape index (κ3) is 4.50. The minimum atomic E-state index is -1.21. The summed E-state index contributed by atoms with van der Waals surface area (Å²) in [5, 5.41) is 20.7. The van der Waals surface area contributed by atoms with E-state index in [1.165, 1.54) is 53.3 Å². The summed E-state index contributed by atoms with van der Waals surface area (Å²) in [5.41, 5.74) is 0.913. The lowest BCUT2D eigenvalue weighted by molar-refractivity contribution is 0.0697. The molecule has 2 N–H and O–H groups in total. The van der Waals surface area contributed by atoms with Gasteiger partial charge in [0, 0.05) is 23.6 Å². The molecule has 2 aromatic heterocycles. The van der Waals surface area contributed by atoms with E-state index in [1.807, 2.05) is 0 Å². The van der Waals surface area contributed by atoms with Gasteiger partial charge in [-0.05, 0) is 30.3 Å². The van der Waals surface area contributed by atoms with Crippen LogP contribution in [0, 0.1) is 23.0 Å². The quantitative estimate of drug-likeness (QED) is 0.386. The van der Waals surface area contributed by atoms with Crippen LogP contribution in [0.15, 0.2) is 48.9 Å². The average Bonchev–Trinajstić information content (AvgIpc) is 3.19. The molecule has 4 rings (SSSR count). The number of halogens is 4. The zero-order chi connectivity index (χ0) is 22.8. The molecule has 0 unspecified atom stereocenters. The fraction of sp³-hybridized carbons (Fsp3) is 0.0476. The first kappa shape index (κ1) is 23.7. The van der Waals surface area contributed by atoms with E-state index in [1.54, 1.807) is 6.07 Å². The number of benzene rings is 2. The van der Waals surface area contributed by atoms with Crippen LogP contribution in [0.3, 0.4) is 0 Å². The number of carbonyl (C=O) groups is 1. The van der Waals surface area contributed by atoms with Crippen molar-refractivity contribution < 1.29 is 23.4 Å². The van der Waals surface area contributed by atoms with Crippen LogP contribution in [0.5, 0.6) is 5.75 Å². The van der Waals surface area contributed by atoms with Gasteiger partial charge in [0.05, 0.1) is 22.5 Å². The van der Waals surface area contributed by atoms with E-state index in [9.17, 15) is 13.6 Å². The van der Waals surface area contributed by atoms with E-state index in [4.69, 9.17) is 26.7 Å². The topological polar surface area (TPSA) is 113 Å². The second kappa shape index (κ2) is 9.68. The molecule has 12 heteroatoms. The number of anilines is 2. The monoisotopic (exact) mass is 491 g/mol. The standard InChI is InChI=1S/C21H12ClF2N5O3.ClH/c22-14-9-11(1-2-12(14)21(30)31)28-19-20-27-10-15(29(20)7-6-26-19)13-3-4-16(32-8-5-25)18(24)17(13)23;/h1-4,6-7,9-10H,8H2,(H,26,28)(H,30,31);1H. The van der Waals surface area contributed by atoms with Gasteiger partial charge in [-0.2, -0.15) is 9.65 Å². The number of ether oxygens (including phenoxy) is 1. The molecular formula is C21H13Cl2F2N5O3. The Kier molecular flexibility index (Phi) is 6.96. The smallest absolute Gasteiger partial charge is 0.337 e. The summed E-state index contributed by atoms with van der Waals surface area (Å²) in [6.07, 6.45) is 4.32. The summed E-state index contributed by atoms with van der Waals surface area (Å²) in [5.74, 6) is -3.60. The van der Waals surface area contributed by atoms with Crippen molar-refractivity contribution in [1.82, 2.24) is 14.4 Å². The number of nitrogens with zero attached hydrogens (tertiary/aromatic N) is 4. The first-order chi connectivity index (χ1) is 15.4. The Balaban J connectivity index is 0.00000306. The Bertz CT molecular complexity index is 1400. The molecule has 0 aliphatic carbocycles. The minimum Gasteiger partial charge on any atom is -0.478 e. The van der Waals surface area contributed by atoms with Crippen LogP contribution < -0.4 is 10.1 Å². The summed E-state index contributed by atoms with van der Waals surface area (Å²) < 4.78 is 35.4. The van der Waals surface area contributed by atoms with Gasteiger partial charge in [0.1, 0.15) is 6.07 Å². The van der Waals surface area contributed by atoms with Crippen molar-refractivity contribution in [3.63, 3.8) is 0 Å². The Morgan fingerprint density at radius 2 is 2.03 bits per heavy atom. The van der Waals surface area contributed by atoms with Crippen LogP contribution in [0.4, 0.5) is 20.3 Å². The summed E-state index contributed by atoms with van der Waals surface area (Å²) in [7, 11) is 0. The maximum atomic E-state index is 14.7. The van der Waals surface area contributed by atoms with Crippen LogP contribution in [0.25, 0.3) is 16.9 Å². The molecule has 0 spiro atoms. The first-order valence-electron chi connectivity index (χ1n) is 9.00. The number of aromatic carboxylic acids is 1. The van der Waals surface area contributed by atoms with E-state index < -0.39 is 24.2 Å². The van der Waals surface area contributed by atoms with Gasteiger partial charge >= 0.3 is 5.97 Å². The van der Waals surface area contributed by atoms with Gasteiger partial charge in [0.2, 0.25) is 5.82 Å². The lowest BCUT2D eigenvalue weighted by Gasteiger charge is -2.10. The average molecular weight is 492 g/mol. The SMILES string of the molecule is Cl.N#CCOc1ccc(-c2cnc3c(Nc4ccc(C(=O)O)c(Cl)c4)nccn23)c(F)c1F. The summed E-state index contributed by atoms with van der Waals surface area (Å²) in [6.45, 7) is -0.413. The van der Waals surface area contributed by atoms with E-state index >= 15 is 0 Å². The molecule has 0 atom stereocenters. The zero-order valence-corrected chi connectivity index (χ0v) is 18.0. The number of rotatable bonds is 6. The number of aromatic nitrogens is 3. The Morgan fingerprint density at radius 3 is 2.73 bits per heavy atom. The van der Waals surface area contributed by atoms with Crippen molar-refractivity contribution in [2.45, 2.75) is 0 Å². The van der Waals surface area contributed by atoms with Crippen LogP contribution in [-0.4, -0.2) is 32.1 Å². The second-order valence-corrected chi connectivity index (χ2v) is 6.83. The Morgan fingerprint density at radius 1 is 1.24 bits per heavy atom. The summed E-state index contributed by atoms with van der Waals surface area (Å²) in [4.78, 5) is 19.6. The van der Waals surface area contributed by atoms with Gasteiger partial charge in [-0.25, -0.2) is 19.2 Å². The largest absolute Gasteiger partial charge is 0.478 e. The summed E-state index contributed by atoms with van der Waals surface area (Å²) >= 11 is 6.00. The molecule has 33 heavy (non-hydrogen) atoms. The molecule has 0 aliphatic heterocycles. The highest BCUT2D eigenvalue weighted by Gasteiger charge is 2.19. The van der Waals surface area contributed by atoms with Crippen LogP contribution >= 0.6 is 24.0 Å². The van der Waals surface area contributed by atoms with Gasteiger partial charge < -0.3 is 15.2 Å². The lowest BCUT2D eigenvalue weighted by Crippen LogP contribution is -2.02. The second-order valence-electron chi connectivity index (χ2n) is 6.42. The molecule has 0 fully saturated rings. The van der Waals surface area contributed by atoms with Gasteiger partial charge in [0.15, 0.2) is 29.6 Å². The number of carboxylic acids is 1. The number of hydrogen-bond donors (Lipinski definition) is 2. The number of nitrogens with one attached hydrogen (secondary N) is 1. The third-order valence-electron chi connectivity index (χ3n) is 4.51. The maximum absolute atomic E-state index is 14.7. The van der Waals surface area contributed by atoms with Crippen molar-refractivity contribution in [1.29, 1.82) is 5.26 Å². The van der Waals surface area contributed by atoms with Crippen molar-refractivity contribution >= 4 is 47.1 Å².